The third-order valence-electron chi connectivity index (χ3n) is 2.60. The zero-order valence-electron chi connectivity index (χ0n) is 10.0. The van der Waals surface area contributed by atoms with E-state index in [-0.39, 0.29) is 12.1 Å². The van der Waals surface area contributed by atoms with Crippen molar-refractivity contribution in [3.63, 3.8) is 0 Å². The molecule has 0 radical (unpaired) electrons. The van der Waals surface area contributed by atoms with Crippen molar-refractivity contribution in [2.45, 2.75) is 20.0 Å². The largest absolute Gasteiger partial charge is 0.310 e. The zero-order valence-corrected chi connectivity index (χ0v) is 10.0. The molecule has 2 aromatic rings. The number of benzene rings is 1. The topological polar surface area (TPSA) is 42.7 Å². The van der Waals surface area contributed by atoms with Gasteiger partial charge < -0.3 is 5.32 Å². The zero-order chi connectivity index (χ0) is 13.0. The Bertz CT molecular complexity index is 504. The Morgan fingerprint density at radius 3 is 2.67 bits per heavy atom. The van der Waals surface area contributed by atoms with Crippen LogP contribution >= 0.6 is 0 Å². The van der Waals surface area contributed by atoms with E-state index < -0.39 is 11.6 Å². The van der Waals surface area contributed by atoms with Crippen molar-refractivity contribution in [1.82, 2.24) is 20.1 Å². The van der Waals surface area contributed by atoms with Gasteiger partial charge in [0.25, 0.3) is 0 Å². The highest BCUT2D eigenvalue weighted by atomic mass is 19.1. The van der Waals surface area contributed by atoms with Gasteiger partial charge in [-0.2, -0.15) is 5.10 Å². The van der Waals surface area contributed by atoms with E-state index in [2.05, 4.69) is 15.4 Å². The summed E-state index contributed by atoms with van der Waals surface area (Å²) in [6.45, 7) is 3.32. The van der Waals surface area contributed by atoms with E-state index in [0.717, 1.165) is 6.54 Å². The Balaban J connectivity index is 2.21. The molecule has 18 heavy (non-hydrogen) atoms. The second-order valence-electron chi connectivity index (χ2n) is 3.81. The molecule has 1 heterocycles. The maximum atomic E-state index is 13.5. The van der Waals surface area contributed by atoms with Gasteiger partial charge >= 0.3 is 0 Å². The molecule has 6 heteroatoms. The molecule has 0 aliphatic heterocycles. The molecule has 1 aromatic carbocycles. The van der Waals surface area contributed by atoms with E-state index in [4.69, 9.17) is 0 Å². The molecule has 1 N–H and O–H groups in total. The van der Waals surface area contributed by atoms with Gasteiger partial charge in [0.1, 0.15) is 23.8 Å². The number of rotatable bonds is 5. The average molecular weight is 252 g/mol. The van der Waals surface area contributed by atoms with Crippen LogP contribution < -0.4 is 5.32 Å². The normalized spacial score (nSPS) is 10.8. The summed E-state index contributed by atoms with van der Waals surface area (Å²) in [6.07, 6.45) is 1.38. The molecule has 0 amide bonds. The van der Waals surface area contributed by atoms with E-state index in [9.17, 15) is 8.78 Å². The summed E-state index contributed by atoms with van der Waals surface area (Å²) in [4.78, 5) is 4.05. The van der Waals surface area contributed by atoms with Crippen molar-refractivity contribution in [2.75, 3.05) is 6.54 Å². The lowest BCUT2D eigenvalue weighted by molar-refractivity contribution is 0.519. The van der Waals surface area contributed by atoms with Gasteiger partial charge in [-0.25, -0.2) is 18.4 Å². The van der Waals surface area contributed by atoms with Gasteiger partial charge in [0, 0.05) is 5.56 Å². The van der Waals surface area contributed by atoms with Crippen LogP contribution in [0.1, 0.15) is 18.3 Å². The second-order valence-corrected chi connectivity index (χ2v) is 3.81. The molecule has 2 rings (SSSR count). The predicted octanol–water partition coefficient (Wildman–Crippen LogP) is 1.71. The van der Waals surface area contributed by atoms with E-state index in [1.165, 1.54) is 29.2 Å². The third kappa shape index (κ3) is 2.70. The van der Waals surface area contributed by atoms with Crippen LogP contribution in [-0.4, -0.2) is 21.3 Å². The number of aromatic nitrogens is 3. The van der Waals surface area contributed by atoms with Gasteiger partial charge in [0.05, 0.1) is 13.1 Å². The fourth-order valence-electron chi connectivity index (χ4n) is 1.63. The highest BCUT2D eigenvalue weighted by Gasteiger charge is 2.11. The summed E-state index contributed by atoms with van der Waals surface area (Å²) in [5.74, 6) is -0.487. The highest BCUT2D eigenvalue weighted by Crippen LogP contribution is 2.13. The molecular weight excluding hydrogens is 238 g/mol. The minimum Gasteiger partial charge on any atom is -0.310 e. The molecule has 0 saturated carbocycles. The molecular formula is C12H14F2N4. The molecule has 1 aromatic heterocycles. The number of nitrogens with zero attached hydrogens (tertiary/aromatic N) is 3. The summed E-state index contributed by atoms with van der Waals surface area (Å²) >= 11 is 0. The Morgan fingerprint density at radius 2 is 2.00 bits per heavy atom. The Kier molecular flexibility index (Phi) is 3.99. The monoisotopic (exact) mass is 252 g/mol. The molecule has 0 unspecified atom stereocenters. The Morgan fingerprint density at radius 1 is 1.28 bits per heavy atom. The van der Waals surface area contributed by atoms with Crippen LogP contribution in [0, 0.1) is 11.6 Å². The van der Waals surface area contributed by atoms with Crippen molar-refractivity contribution in [2.24, 2.45) is 0 Å². The minimum atomic E-state index is -0.570. The molecule has 0 saturated heterocycles. The van der Waals surface area contributed by atoms with Gasteiger partial charge in [-0.1, -0.05) is 13.0 Å². The molecule has 0 fully saturated rings. The fourth-order valence-corrected chi connectivity index (χ4v) is 1.63. The summed E-state index contributed by atoms with van der Waals surface area (Å²) in [5.41, 5.74) is 0.000693. The third-order valence-corrected chi connectivity index (χ3v) is 2.60. The van der Waals surface area contributed by atoms with Gasteiger partial charge in [-0.15, -0.1) is 0 Å². The molecule has 0 aliphatic carbocycles. The molecule has 0 atom stereocenters. The van der Waals surface area contributed by atoms with Crippen LogP contribution in [0.4, 0.5) is 8.78 Å². The van der Waals surface area contributed by atoms with Gasteiger partial charge in [0.2, 0.25) is 0 Å². The summed E-state index contributed by atoms with van der Waals surface area (Å²) in [7, 11) is 0. The van der Waals surface area contributed by atoms with Crippen molar-refractivity contribution >= 4 is 0 Å². The first-order valence-electron chi connectivity index (χ1n) is 5.72. The van der Waals surface area contributed by atoms with E-state index in [1.54, 1.807) is 0 Å². The SMILES string of the molecule is CCNCc1ncnn1Cc1c(F)cccc1F. The first-order valence-corrected chi connectivity index (χ1v) is 5.72. The van der Waals surface area contributed by atoms with Crippen LogP contribution in [0.2, 0.25) is 0 Å². The van der Waals surface area contributed by atoms with Crippen molar-refractivity contribution in [3.05, 3.63) is 47.5 Å². The maximum absolute atomic E-state index is 13.5. The smallest absolute Gasteiger partial charge is 0.141 e. The van der Waals surface area contributed by atoms with E-state index in [0.29, 0.717) is 12.4 Å². The molecule has 0 aliphatic rings. The quantitative estimate of drug-likeness (QED) is 0.881. The minimum absolute atomic E-state index is 0.000693. The number of nitrogens with one attached hydrogen (secondary N) is 1. The lowest BCUT2D eigenvalue weighted by Crippen LogP contribution is -2.18. The van der Waals surface area contributed by atoms with Gasteiger partial charge in [-0.3, -0.25) is 0 Å². The average Bonchev–Trinajstić information content (AvgIpc) is 2.79. The first-order chi connectivity index (χ1) is 8.72. The van der Waals surface area contributed by atoms with Crippen molar-refractivity contribution in [1.29, 1.82) is 0 Å². The van der Waals surface area contributed by atoms with E-state index >= 15 is 0 Å². The molecule has 4 nitrogen and oxygen atoms in total. The summed E-state index contributed by atoms with van der Waals surface area (Å²) in [6, 6.07) is 3.81. The summed E-state index contributed by atoms with van der Waals surface area (Å²) in [5, 5.41) is 7.07. The van der Waals surface area contributed by atoms with Crippen molar-refractivity contribution < 1.29 is 8.78 Å². The second kappa shape index (κ2) is 5.68. The van der Waals surface area contributed by atoms with Crippen LogP contribution in [0.15, 0.2) is 24.5 Å². The lowest BCUT2D eigenvalue weighted by atomic mass is 10.2. The Hall–Kier alpha value is -1.82. The lowest BCUT2D eigenvalue weighted by Gasteiger charge is -2.08. The van der Waals surface area contributed by atoms with Crippen LogP contribution in [0.25, 0.3) is 0 Å². The standard InChI is InChI=1S/C12H14F2N4/c1-2-15-6-12-16-8-17-18(12)7-9-10(13)4-3-5-11(9)14/h3-5,8,15H,2,6-7H2,1H3. The van der Waals surface area contributed by atoms with E-state index in [1.807, 2.05) is 6.92 Å². The number of halogens is 2. The van der Waals surface area contributed by atoms with Gasteiger partial charge in [-0.05, 0) is 18.7 Å². The number of hydrogen-bond donors (Lipinski definition) is 1. The van der Waals surface area contributed by atoms with Gasteiger partial charge in [0.15, 0.2) is 0 Å². The van der Waals surface area contributed by atoms with Crippen LogP contribution in [0.5, 0.6) is 0 Å². The molecule has 96 valence electrons. The molecule has 0 bridgehead atoms. The summed E-state index contributed by atoms with van der Waals surface area (Å²) < 4.78 is 28.5. The predicted molar refractivity (Wildman–Crippen MR) is 62.9 cm³/mol. The van der Waals surface area contributed by atoms with Crippen molar-refractivity contribution in [3.8, 4) is 0 Å². The highest BCUT2D eigenvalue weighted by molar-refractivity contribution is 5.20. The first kappa shape index (κ1) is 12.6. The fraction of sp³-hybridized carbons (Fsp3) is 0.333. The van der Waals surface area contributed by atoms with Crippen LogP contribution in [0.3, 0.4) is 0 Å². The number of hydrogen-bond acceptors (Lipinski definition) is 3. The Labute approximate surface area is 104 Å². The molecule has 0 spiro atoms. The van der Waals surface area contributed by atoms with Crippen LogP contribution in [-0.2, 0) is 13.1 Å². The maximum Gasteiger partial charge on any atom is 0.141 e.